The van der Waals surface area contributed by atoms with Crippen molar-refractivity contribution in [1.82, 2.24) is 15.2 Å². The molecule has 3 rings (SSSR count). The number of rotatable bonds is 3. The smallest absolute Gasteiger partial charge is 0.270 e. The van der Waals surface area contributed by atoms with E-state index < -0.39 is 0 Å². The van der Waals surface area contributed by atoms with Gasteiger partial charge in [-0.3, -0.25) is 4.79 Å². The largest absolute Gasteiger partial charge is 0.351 e. The van der Waals surface area contributed by atoms with Crippen LogP contribution in [0.15, 0.2) is 42.5 Å². The van der Waals surface area contributed by atoms with Crippen molar-refractivity contribution in [3.63, 3.8) is 0 Å². The van der Waals surface area contributed by atoms with Crippen LogP contribution in [0.5, 0.6) is 0 Å². The van der Waals surface area contributed by atoms with Crippen molar-refractivity contribution in [2.75, 3.05) is 20.1 Å². The maximum Gasteiger partial charge on any atom is 0.270 e. The van der Waals surface area contributed by atoms with Crippen LogP contribution in [0.4, 0.5) is 0 Å². The van der Waals surface area contributed by atoms with Gasteiger partial charge in [0.15, 0.2) is 0 Å². The summed E-state index contributed by atoms with van der Waals surface area (Å²) in [5.74, 6) is 0.0564. The number of nitrogens with one attached hydrogen (secondary N) is 2. The Bertz CT molecular complexity index is 585. The molecular weight excluding hydrogens is 250 g/mol. The van der Waals surface area contributed by atoms with Gasteiger partial charge >= 0.3 is 0 Å². The molecule has 1 unspecified atom stereocenters. The highest BCUT2D eigenvalue weighted by molar-refractivity contribution is 5.93. The van der Waals surface area contributed by atoms with Crippen LogP contribution in [-0.2, 0) is 0 Å². The van der Waals surface area contributed by atoms with Crippen LogP contribution in [0, 0.1) is 0 Å². The molecule has 1 saturated heterocycles. The van der Waals surface area contributed by atoms with Crippen LogP contribution >= 0.6 is 0 Å². The van der Waals surface area contributed by atoms with Gasteiger partial charge in [0.1, 0.15) is 5.69 Å². The van der Waals surface area contributed by atoms with Gasteiger partial charge in [-0.2, -0.15) is 0 Å². The monoisotopic (exact) mass is 269 g/mol. The maximum atomic E-state index is 12.4. The van der Waals surface area contributed by atoms with E-state index >= 15 is 0 Å². The molecule has 0 radical (unpaired) electrons. The highest BCUT2D eigenvalue weighted by Gasteiger charge is 2.24. The van der Waals surface area contributed by atoms with E-state index in [4.69, 9.17) is 0 Å². The van der Waals surface area contributed by atoms with Crippen LogP contribution in [0.3, 0.4) is 0 Å². The fraction of sp³-hybridized carbons (Fsp3) is 0.312. The van der Waals surface area contributed by atoms with Crippen LogP contribution in [0.2, 0.25) is 0 Å². The quantitative estimate of drug-likeness (QED) is 0.896. The number of likely N-dealkylation sites (N-methyl/N-ethyl adjacent to an activating group) is 1. The number of aromatic nitrogens is 1. The number of carbonyl (C=O) groups is 1. The van der Waals surface area contributed by atoms with Crippen molar-refractivity contribution in [3.8, 4) is 11.3 Å². The number of nitrogens with zero attached hydrogens (tertiary/aromatic N) is 1. The summed E-state index contributed by atoms with van der Waals surface area (Å²) in [4.78, 5) is 17.5. The molecule has 4 heteroatoms. The van der Waals surface area contributed by atoms with Crippen LogP contribution in [-0.4, -0.2) is 42.0 Å². The van der Waals surface area contributed by atoms with Crippen molar-refractivity contribution >= 4 is 5.91 Å². The second kappa shape index (κ2) is 5.51. The van der Waals surface area contributed by atoms with Gasteiger partial charge in [0.2, 0.25) is 0 Å². The summed E-state index contributed by atoms with van der Waals surface area (Å²) >= 11 is 0. The van der Waals surface area contributed by atoms with Gasteiger partial charge in [-0.1, -0.05) is 30.3 Å². The lowest BCUT2D eigenvalue weighted by Crippen LogP contribution is -2.38. The molecule has 20 heavy (non-hydrogen) atoms. The molecule has 2 N–H and O–H groups in total. The van der Waals surface area contributed by atoms with E-state index in [1.165, 1.54) is 0 Å². The van der Waals surface area contributed by atoms with E-state index in [-0.39, 0.29) is 5.91 Å². The number of H-pyrrole nitrogens is 1. The topological polar surface area (TPSA) is 48.1 Å². The van der Waals surface area contributed by atoms with Gasteiger partial charge in [0.05, 0.1) is 0 Å². The molecule has 1 aromatic heterocycles. The average molecular weight is 269 g/mol. The fourth-order valence-electron chi connectivity index (χ4n) is 2.63. The molecule has 2 heterocycles. The standard InChI is InChI=1S/C16H19N3O/c1-19(13-9-10-17-11-13)16(20)15-8-7-14(18-15)12-5-3-2-4-6-12/h2-8,13,17-18H,9-11H2,1H3. The molecule has 0 saturated carbocycles. The first kappa shape index (κ1) is 12.9. The fourth-order valence-corrected chi connectivity index (χ4v) is 2.63. The van der Waals surface area contributed by atoms with E-state index in [2.05, 4.69) is 10.3 Å². The third-order valence-corrected chi connectivity index (χ3v) is 3.90. The minimum absolute atomic E-state index is 0.0564. The summed E-state index contributed by atoms with van der Waals surface area (Å²) in [6.45, 7) is 1.87. The predicted molar refractivity (Wildman–Crippen MR) is 79.6 cm³/mol. The highest BCUT2D eigenvalue weighted by atomic mass is 16.2. The molecule has 2 aromatic rings. The number of hydrogen-bond acceptors (Lipinski definition) is 2. The molecule has 1 aromatic carbocycles. The number of benzene rings is 1. The van der Waals surface area contributed by atoms with E-state index in [1.54, 1.807) is 0 Å². The molecule has 104 valence electrons. The van der Waals surface area contributed by atoms with Crippen molar-refractivity contribution < 1.29 is 4.79 Å². The zero-order valence-electron chi connectivity index (χ0n) is 11.6. The normalized spacial score (nSPS) is 18.1. The number of hydrogen-bond donors (Lipinski definition) is 2. The van der Waals surface area contributed by atoms with Gasteiger partial charge in [-0.05, 0) is 30.7 Å². The molecule has 1 aliphatic rings. The molecule has 4 nitrogen and oxygen atoms in total. The lowest BCUT2D eigenvalue weighted by molar-refractivity contribution is 0.0738. The Hall–Kier alpha value is -2.07. The summed E-state index contributed by atoms with van der Waals surface area (Å²) in [6.07, 6.45) is 1.02. The third-order valence-electron chi connectivity index (χ3n) is 3.90. The van der Waals surface area contributed by atoms with Crippen LogP contribution < -0.4 is 5.32 Å². The molecule has 0 bridgehead atoms. The second-order valence-electron chi connectivity index (χ2n) is 5.21. The Labute approximate surface area is 118 Å². The first-order valence-electron chi connectivity index (χ1n) is 6.98. The summed E-state index contributed by atoms with van der Waals surface area (Å²) < 4.78 is 0. The zero-order chi connectivity index (χ0) is 13.9. The van der Waals surface area contributed by atoms with E-state index in [1.807, 2.05) is 54.4 Å². The zero-order valence-corrected chi connectivity index (χ0v) is 11.6. The molecule has 1 aliphatic heterocycles. The molecule has 0 aliphatic carbocycles. The lowest BCUT2D eigenvalue weighted by Gasteiger charge is -2.23. The van der Waals surface area contributed by atoms with Gasteiger partial charge < -0.3 is 15.2 Å². The second-order valence-corrected chi connectivity index (χ2v) is 5.21. The van der Waals surface area contributed by atoms with Crippen molar-refractivity contribution in [2.24, 2.45) is 0 Å². The van der Waals surface area contributed by atoms with Crippen molar-refractivity contribution in [2.45, 2.75) is 12.5 Å². The van der Waals surface area contributed by atoms with Gasteiger partial charge in [-0.25, -0.2) is 0 Å². The van der Waals surface area contributed by atoms with E-state index in [0.717, 1.165) is 30.8 Å². The van der Waals surface area contributed by atoms with E-state index in [9.17, 15) is 4.79 Å². The minimum Gasteiger partial charge on any atom is -0.351 e. The van der Waals surface area contributed by atoms with Crippen LogP contribution in [0.1, 0.15) is 16.9 Å². The minimum atomic E-state index is 0.0564. The Morgan fingerprint density at radius 1 is 1.20 bits per heavy atom. The first-order valence-corrected chi connectivity index (χ1v) is 6.98. The molecular formula is C16H19N3O. The SMILES string of the molecule is CN(C(=O)c1ccc(-c2ccccc2)[nH]1)C1CCNC1. The Kier molecular flexibility index (Phi) is 3.56. The van der Waals surface area contributed by atoms with Crippen molar-refractivity contribution in [1.29, 1.82) is 0 Å². The number of aromatic amines is 1. The van der Waals surface area contributed by atoms with E-state index in [0.29, 0.717) is 11.7 Å². The molecule has 1 fully saturated rings. The Balaban J connectivity index is 1.78. The third kappa shape index (κ3) is 2.47. The van der Waals surface area contributed by atoms with Crippen LogP contribution in [0.25, 0.3) is 11.3 Å². The molecule has 1 amide bonds. The number of carbonyl (C=O) groups excluding carboxylic acids is 1. The first-order chi connectivity index (χ1) is 9.75. The maximum absolute atomic E-state index is 12.4. The van der Waals surface area contributed by atoms with Gasteiger partial charge in [-0.15, -0.1) is 0 Å². The Morgan fingerprint density at radius 3 is 2.70 bits per heavy atom. The molecule has 0 spiro atoms. The number of amides is 1. The predicted octanol–water partition coefficient (Wildman–Crippen LogP) is 2.12. The molecule has 1 atom stereocenters. The summed E-state index contributed by atoms with van der Waals surface area (Å²) in [6, 6.07) is 14.2. The van der Waals surface area contributed by atoms with Crippen molar-refractivity contribution in [3.05, 3.63) is 48.2 Å². The Morgan fingerprint density at radius 2 is 2.00 bits per heavy atom. The van der Waals surface area contributed by atoms with Gasteiger partial charge in [0, 0.05) is 25.3 Å². The summed E-state index contributed by atoms with van der Waals surface area (Å²) in [5.41, 5.74) is 2.72. The average Bonchev–Trinajstić information content (AvgIpc) is 3.18. The summed E-state index contributed by atoms with van der Waals surface area (Å²) in [7, 11) is 1.88. The lowest BCUT2D eigenvalue weighted by atomic mass is 10.2. The van der Waals surface area contributed by atoms with Gasteiger partial charge in [0.25, 0.3) is 5.91 Å². The highest BCUT2D eigenvalue weighted by Crippen LogP contribution is 2.19. The summed E-state index contributed by atoms with van der Waals surface area (Å²) in [5, 5.41) is 3.29.